The highest BCUT2D eigenvalue weighted by molar-refractivity contribution is 7.85. The molecule has 2 rings (SSSR count). The maximum absolute atomic E-state index is 9.95. The van der Waals surface area contributed by atoms with Crippen molar-refractivity contribution in [2.24, 2.45) is 0 Å². The van der Waals surface area contributed by atoms with Gasteiger partial charge >= 0.3 is 0 Å². The molecule has 1 N–H and O–H groups in total. The predicted octanol–water partition coefficient (Wildman–Crippen LogP) is 4.37. The summed E-state index contributed by atoms with van der Waals surface area (Å²) in [7, 11) is -3.69. The van der Waals surface area contributed by atoms with Gasteiger partial charge in [-0.15, -0.1) is 0 Å². The van der Waals surface area contributed by atoms with E-state index in [1.165, 1.54) is 32.1 Å². The SMILES string of the molecule is C1CCCC1.CCCCS(=O)(=O)O.c1ccsc1. The molecule has 0 atom stereocenters. The molecule has 0 aromatic carbocycles. The molecule has 3 nitrogen and oxygen atoms in total. The van der Waals surface area contributed by atoms with Crippen molar-refractivity contribution in [2.75, 3.05) is 5.75 Å². The van der Waals surface area contributed by atoms with Crippen LogP contribution >= 0.6 is 11.3 Å². The van der Waals surface area contributed by atoms with E-state index in [0.717, 1.165) is 6.42 Å². The molecule has 1 saturated carbocycles. The van der Waals surface area contributed by atoms with Gasteiger partial charge in [-0.05, 0) is 17.2 Å². The minimum Gasteiger partial charge on any atom is -0.286 e. The van der Waals surface area contributed by atoms with Crippen LogP contribution in [0.4, 0.5) is 0 Å². The quantitative estimate of drug-likeness (QED) is 0.841. The van der Waals surface area contributed by atoms with Crippen molar-refractivity contribution >= 4 is 21.5 Å². The molecule has 0 spiro atoms. The van der Waals surface area contributed by atoms with Crippen LogP contribution in [0.2, 0.25) is 0 Å². The molecule has 1 aliphatic carbocycles. The first kappa shape index (κ1) is 17.6. The minimum atomic E-state index is -3.69. The zero-order valence-electron chi connectivity index (χ0n) is 11.0. The second-order valence-electron chi connectivity index (χ2n) is 4.20. The van der Waals surface area contributed by atoms with Crippen LogP contribution in [-0.2, 0) is 10.1 Å². The predicted molar refractivity (Wildman–Crippen MR) is 78.7 cm³/mol. The third-order valence-corrected chi connectivity index (χ3v) is 3.86. The second-order valence-corrected chi connectivity index (χ2v) is 6.59. The molecule has 0 unspecified atom stereocenters. The largest absolute Gasteiger partial charge is 0.286 e. The Morgan fingerprint density at radius 2 is 1.50 bits per heavy atom. The van der Waals surface area contributed by atoms with Gasteiger partial charge in [-0.25, -0.2) is 0 Å². The van der Waals surface area contributed by atoms with Crippen molar-refractivity contribution in [2.45, 2.75) is 51.9 Å². The lowest BCUT2D eigenvalue weighted by Crippen LogP contribution is -2.02. The molecule has 0 radical (unpaired) electrons. The van der Waals surface area contributed by atoms with Gasteiger partial charge in [0.1, 0.15) is 0 Å². The summed E-state index contributed by atoms with van der Waals surface area (Å²) in [6.07, 6.45) is 8.83. The molecule has 106 valence electrons. The van der Waals surface area contributed by atoms with E-state index in [4.69, 9.17) is 4.55 Å². The lowest BCUT2D eigenvalue weighted by Gasteiger charge is -1.90. The monoisotopic (exact) mass is 292 g/mol. The standard InChI is InChI=1S/C5H10.C4H10O3S.C4H4S/c1-2-4-5-3-1;1-2-3-4-8(5,6)7;1-2-4-5-3-1/h1-5H2;2-4H2,1H3,(H,5,6,7);1-4H. The number of hydrogen-bond donors (Lipinski definition) is 1. The summed E-state index contributed by atoms with van der Waals surface area (Å²) in [6.45, 7) is 1.87. The number of unbranched alkanes of at least 4 members (excludes halogenated alkanes) is 1. The van der Waals surface area contributed by atoms with Gasteiger partial charge in [-0.3, -0.25) is 4.55 Å². The van der Waals surface area contributed by atoms with Crippen LogP contribution in [0, 0.1) is 0 Å². The zero-order valence-corrected chi connectivity index (χ0v) is 12.7. The average Bonchev–Trinajstić information content (AvgIpc) is 3.01. The van der Waals surface area contributed by atoms with Crippen LogP contribution in [0.15, 0.2) is 22.9 Å². The topological polar surface area (TPSA) is 54.4 Å². The van der Waals surface area contributed by atoms with E-state index in [-0.39, 0.29) is 5.75 Å². The van der Waals surface area contributed by atoms with Crippen molar-refractivity contribution in [1.29, 1.82) is 0 Å². The van der Waals surface area contributed by atoms with Crippen LogP contribution in [0.1, 0.15) is 51.9 Å². The summed E-state index contributed by atoms with van der Waals surface area (Å²) in [6, 6.07) is 4.04. The lowest BCUT2D eigenvalue weighted by atomic mass is 10.4. The Morgan fingerprint density at radius 1 is 1.06 bits per heavy atom. The van der Waals surface area contributed by atoms with E-state index in [1.54, 1.807) is 11.3 Å². The summed E-state index contributed by atoms with van der Waals surface area (Å²) >= 11 is 1.71. The van der Waals surface area contributed by atoms with Crippen LogP contribution in [0.3, 0.4) is 0 Å². The molecule has 0 bridgehead atoms. The Bertz CT molecular complexity index is 315. The van der Waals surface area contributed by atoms with E-state index in [1.807, 2.05) is 29.8 Å². The van der Waals surface area contributed by atoms with Crippen molar-refractivity contribution < 1.29 is 13.0 Å². The smallest absolute Gasteiger partial charge is 0.264 e. The van der Waals surface area contributed by atoms with Gasteiger partial charge in [0.25, 0.3) is 10.1 Å². The Hall–Kier alpha value is -0.390. The molecule has 1 aromatic heterocycles. The average molecular weight is 292 g/mol. The first-order valence-electron chi connectivity index (χ1n) is 6.48. The minimum absolute atomic E-state index is 0.108. The molecular weight excluding hydrogens is 268 g/mol. The summed E-state index contributed by atoms with van der Waals surface area (Å²) in [5.74, 6) is -0.108. The van der Waals surface area contributed by atoms with E-state index in [0.29, 0.717) is 6.42 Å². The fourth-order valence-electron chi connectivity index (χ4n) is 1.44. The Balaban J connectivity index is 0.000000250. The molecule has 0 aliphatic heterocycles. The molecule has 1 fully saturated rings. The maximum Gasteiger partial charge on any atom is 0.264 e. The number of hydrogen-bond acceptors (Lipinski definition) is 3. The number of thiophene rings is 1. The van der Waals surface area contributed by atoms with Crippen LogP contribution < -0.4 is 0 Å². The van der Waals surface area contributed by atoms with Crippen molar-refractivity contribution in [3.05, 3.63) is 22.9 Å². The molecule has 18 heavy (non-hydrogen) atoms. The normalized spacial score (nSPS) is 14.1. The summed E-state index contributed by atoms with van der Waals surface area (Å²) in [5, 5.41) is 4.08. The maximum atomic E-state index is 9.95. The number of rotatable bonds is 3. The summed E-state index contributed by atoms with van der Waals surface area (Å²) in [4.78, 5) is 0. The van der Waals surface area contributed by atoms with Gasteiger partial charge in [-0.2, -0.15) is 19.8 Å². The van der Waals surface area contributed by atoms with Gasteiger partial charge in [0.2, 0.25) is 0 Å². The first-order chi connectivity index (χ1) is 8.56. The molecule has 0 amide bonds. The summed E-state index contributed by atoms with van der Waals surface area (Å²) in [5.41, 5.74) is 0. The highest BCUT2D eigenvalue weighted by Crippen LogP contribution is 2.15. The second kappa shape index (κ2) is 11.7. The van der Waals surface area contributed by atoms with Crippen molar-refractivity contribution in [1.82, 2.24) is 0 Å². The molecule has 1 heterocycles. The van der Waals surface area contributed by atoms with Crippen molar-refractivity contribution in [3.8, 4) is 0 Å². The van der Waals surface area contributed by atoms with E-state index in [9.17, 15) is 8.42 Å². The van der Waals surface area contributed by atoms with Crippen molar-refractivity contribution in [3.63, 3.8) is 0 Å². The molecule has 0 saturated heterocycles. The third kappa shape index (κ3) is 15.6. The van der Waals surface area contributed by atoms with Crippen LogP contribution in [0.25, 0.3) is 0 Å². The third-order valence-electron chi connectivity index (χ3n) is 2.43. The highest BCUT2D eigenvalue weighted by Gasteiger charge is 2.00. The molecule has 1 aromatic rings. The molecule has 5 heteroatoms. The fourth-order valence-corrected chi connectivity index (χ4v) is 2.54. The summed E-state index contributed by atoms with van der Waals surface area (Å²) < 4.78 is 28.0. The Labute approximate surface area is 115 Å². The van der Waals surface area contributed by atoms with Gasteiger partial charge in [0, 0.05) is 0 Å². The fraction of sp³-hybridized carbons (Fsp3) is 0.692. The lowest BCUT2D eigenvalue weighted by molar-refractivity contribution is 0.480. The first-order valence-corrected chi connectivity index (χ1v) is 9.04. The van der Waals surface area contributed by atoms with Gasteiger partial charge in [-0.1, -0.05) is 57.6 Å². The molecular formula is C13H24O3S2. The Morgan fingerprint density at radius 3 is 1.67 bits per heavy atom. The van der Waals surface area contributed by atoms with E-state index < -0.39 is 10.1 Å². The van der Waals surface area contributed by atoms with Gasteiger partial charge < -0.3 is 0 Å². The zero-order chi connectivity index (χ0) is 13.7. The van der Waals surface area contributed by atoms with E-state index >= 15 is 0 Å². The molecule has 1 aliphatic rings. The van der Waals surface area contributed by atoms with Crippen LogP contribution in [-0.4, -0.2) is 18.7 Å². The highest BCUT2D eigenvalue weighted by atomic mass is 32.2. The van der Waals surface area contributed by atoms with E-state index in [2.05, 4.69) is 0 Å². The van der Waals surface area contributed by atoms with Crippen LogP contribution in [0.5, 0.6) is 0 Å². The Kier molecular flexibility index (Phi) is 11.4. The van der Waals surface area contributed by atoms with Gasteiger partial charge in [0.05, 0.1) is 5.75 Å². The van der Waals surface area contributed by atoms with Gasteiger partial charge in [0.15, 0.2) is 0 Å².